The molecule has 1 heterocycles. The number of ether oxygens (including phenoxy) is 1. The van der Waals surface area contributed by atoms with E-state index in [1.807, 2.05) is 43.3 Å². The number of halogens is 1. The van der Waals surface area contributed by atoms with E-state index >= 15 is 0 Å². The fraction of sp³-hybridized carbons (Fsp3) is 0.278. The van der Waals surface area contributed by atoms with Crippen molar-refractivity contribution in [2.75, 3.05) is 25.0 Å². The topological polar surface area (TPSA) is 42.8 Å². The lowest BCUT2D eigenvalue weighted by atomic mass is 10.3. The van der Waals surface area contributed by atoms with Gasteiger partial charge in [-0.1, -0.05) is 6.58 Å². The molecule has 2 rings (SSSR count). The summed E-state index contributed by atoms with van der Waals surface area (Å²) in [4.78, 5) is 14.7. The predicted octanol–water partition coefficient (Wildman–Crippen LogP) is 3.12. The molecule has 1 unspecified atom stereocenters. The molecule has 1 aromatic carbocycles. The van der Waals surface area contributed by atoms with Gasteiger partial charge in [0, 0.05) is 5.69 Å². The van der Waals surface area contributed by atoms with Crippen LogP contribution >= 0.6 is 27.3 Å². The minimum Gasteiger partial charge on any atom is -0.494 e. The fourth-order valence-electron chi connectivity index (χ4n) is 2.34. The smallest absolute Gasteiger partial charge is 0.279 e. The van der Waals surface area contributed by atoms with Gasteiger partial charge in [-0.2, -0.15) is 0 Å². The second kappa shape index (κ2) is 9.61. The van der Waals surface area contributed by atoms with Crippen molar-refractivity contribution < 1.29 is 14.4 Å². The molecule has 2 N–H and O–H groups in total. The van der Waals surface area contributed by atoms with Gasteiger partial charge in [-0.05, 0) is 65.3 Å². The number of carbonyl (C=O) groups is 1. The second-order valence-corrected chi connectivity index (χ2v) is 7.86. The van der Waals surface area contributed by atoms with Crippen molar-refractivity contribution in [3.8, 4) is 5.75 Å². The Labute approximate surface area is 155 Å². The van der Waals surface area contributed by atoms with Crippen molar-refractivity contribution in [2.45, 2.75) is 13.5 Å². The van der Waals surface area contributed by atoms with E-state index < -0.39 is 0 Å². The first-order valence-electron chi connectivity index (χ1n) is 7.82. The third kappa shape index (κ3) is 6.11. The van der Waals surface area contributed by atoms with Crippen LogP contribution in [0.15, 0.2) is 52.8 Å². The van der Waals surface area contributed by atoms with Crippen molar-refractivity contribution in [3.63, 3.8) is 0 Å². The number of benzene rings is 1. The van der Waals surface area contributed by atoms with Gasteiger partial charge in [0.25, 0.3) is 5.91 Å². The first kappa shape index (κ1) is 18.7. The summed E-state index contributed by atoms with van der Waals surface area (Å²) < 4.78 is 6.51. The van der Waals surface area contributed by atoms with E-state index in [0.29, 0.717) is 13.2 Å². The number of thiophene rings is 1. The van der Waals surface area contributed by atoms with Crippen LogP contribution in [0.3, 0.4) is 0 Å². The zero-order valence-electron chi connectivity index (χ0n) is 13.7. The average molecular weight is 410 g/mol. The van der Waals surface area contributed by atoms with E-state index in [2.05, 4.69) is 33.9 Å². The Kier molecular flexibility index (Phi) is 7.49. The molecule has 0 aliphatic rings. The van der Waals surface area contributed by atoms with Gasteiger partial charge in [-0.3, -0.25) is 4.79 Å². The van der Waals surface area contributed by atoms with Crippen molar-refractivity contribution in [2.24, 2.45) is 0 Å². The van der Waals surface area contributed by atoms with Crippen LogP contribution in [0.1, 0.15) is 11.8 Å². The molecule has 24 heavy (non-hydrogen) atoms. The number of nitrogens with one attached hydrogen (secondary N) is 2. The fourth-order valence-corrected chi connectivity index (χ4v) is 3.89. The summed E-state index contributed by atoms with van der Waals surface area (Å²) in [6.07, 6.45) is 1.85. The summed E-state index contributed by atoms with van der Waals surface area (Å²) in [6, 6.07) is 11.5. The first-order chi connectivity index (χ1) is 11.6. The maximum atomic E-state index is 12.3. The summed E-state index contributed by atoms with van der Waals surface area (Å²) in [7, 11) is 0. The first-order valence-corrected chi connectivity index (χ1v) is 9.43. The molecule has 128 valence electrons. The number of carbonyl (C=O) groups excluding carboxylic acids is 1. The third-order valence-corrected chi connectivity index (χ3v) is 4.97. The Morgan fingerprint density at radius 1 is 1.33 bits per heavy atom. The van der Waals surface area contributed by atoms with E-state index in [9.17, 15) is 4.79 Å². The number of rotatable bonds is 9. The minimum atomic E-state index is -0.00775. The molecule has 0 bridgehead atoms. The van der Waals surface area contributed by atoms with Crippen LogP contribution in [0.4, 0.5) is 5.69 Å². The number of quaternary nitrogens is 1. The van der Waals surface area contributed by atoms with Gasteiger partial charge in [-0.25, -0.2) is 0 Å². The molecule has 1 atom stereocenters. The Morgan fingerprint density at radius 3 is 2.67 bits per heavy atom. The van der Waals surface area contributed by atoms with Crippen LogP contribution in [0.5, 0.6) is 5.75 Å². The summed E-state index contributed by atoms with van der Waals surface area (Å²) in [5.41, 5.74) is 0.778. The van der Waals surface area contributed by atoms with Crippen molar-refractivity contribution in [1.82, 2.24) is 0 Å². The monoisotopic (exact) mass is 409 g/mol. The molecule has 0 spiro atoms. The molecule has 0 radical (unpaired) electrons. The van der Waals surface area contributed by atoms with E-state index in [4.69, 9.17) is 4.74 Å². The summed E-state index contributed by atoms with van der Waals surface area (Å²) >= 11 is 5.17. The van der Waals surface area contributed by atoms with Gasteiger partial charge >= 0.3 is 0 Å². The highest BCUT2D eigenvalue weighted by molar-refractivity contribution is 9.11. The molecular weight excluding hydrogens is 388 g/mol. The average Bonchev–Trinajstić information content (AvgIpc) is 2.95. The minimum absolute atomic E-state index is 0.00775. The molecule has 0 fully saturated rings. The highest BCUT2D eigenvalue weighted by atomic mass is 79.9. The van der Waals surface area contributed by atoms with Crippen molar-refractivity contribution >= 4 is 38.9 Å². The van der Waals surface area contributed by atoms with Gasteiger partial charge in [-0.15, -0.1) is 11.3 Å². The standard InChI is InChI=1S/C18H21BrN2O2S/c1-3-11-21(12-16-9-10-17(19)24-16)13-18(22)20-14-5-7-15(8-6-14)23-4-2/h3,5-10H,1,4,11-13H2,2H3,(H,20,22)/p+1. The van der Waals surface area contributed by atoms with Gasteiger partial charge in [0.1, 0.15) is 12.3 Å². The van der Waals surface area contributed by atoms with E-state index in [-0.39, 0.29) is 5.91 Å². The summed E-state index contributed by atoms with van der Waals surface area (Å²) in [5.74, 6) is 0.796. The van der Waals surface area contributed by atoms with Gasteiger partial charge in [0.05, 0.1) is 21.8 Å². The number of hydrogen-bond donors (Lipinski definition) is 2. The largest absolute Gasteiger partial charge is 0.494 e. The van der Waals surface area contributed by atoms with E-state index in [0.717, 1.165) is 33.2 Å². The Morgan fingerprint density at radius 2 is 2.08 bits per heavy atom. The molecular formula is C18H22BrN2O2S+. The zero-order valence-corrected chi connectivity index (χ0v) is 16.1. The highest BCUT2D eigenvalue weighted by Gasteiger charge is 2.15. The molecule has 1 aromatic heterocycles. The molecule has 0 aliphatic carbocycles. The SMILES string of the molecule is C=CC[NH+](CC(=O)Nc1ccc(OCC)cc1)Cc1ccc(Br)s1. The zero-order chi connectivity index (χ0) is 17.4. The van der Waals surface area contributed by atoms with Crippen LogP contribution in [-0.4, -0.2) is 25.6 Å². The lowest BCUT2D eigenvalue weighted by Gasteiger charge is -2.16. The maximum absolute atomic E-state index is 12.3. The molecule has 1 amide bonds. The third-order valence-electron chi connectivity index (χ3n) is 3.35. The van der Waals surface area contributed by atoms with Gasteiger partial charge < -0.3 is 15.0 Å². The molecule has 4 nitrogen and oxygen atoms in total. The quantitative estimate of drug-likeness (QED) is 0.624. The lowest BCUT2D eigenvalue weighted by molar-refractivity contribution is -0.899. The molecule has 0 saturated carbocycles. The maximum Gasteiger partial charge on any atom is 0.279 e. The number of anilines is 1. The normalized spacial score (nSPS) is 11.8. The molecule has 6 heteroatoms. The van der Waals surface area contributed by atoms with Crippen molar-refractivity contribution in [1.29, 1.82) is 0 Å². The van der Waals surface area contributed by atoms with Crippen LogP contribution in [0.2, 0.25) is 0 Å². The second-order valence-electron chi connectivity index (χ2n) is 5.31. The van der Waals surface area contributed by atoms with E-state index in [1.54, 1.807) is 11.3 Å². The van der Waals surface area contributed by atoms with Crippen molar-refractivity contribution in [3.05, 3.63) is 57.7 Å². The predicted molar refractivity (Wildman–Crippen MR) is 103 cm³/mol. The van der Waals surface area contributed by atoms with Gasteiger partial charge in [0.15, 0.2) is 6.54 Å². The van der Waals surface area contributed by atoms with Crippen LogP contribution in [-0.2, 0) is 11.3 Å². The van der Waals surface area contributed by atoms with Crippen LogP contribution < -0.4 is 15.0 Å². The van der Waals surface area contributed by atoms with Crippen LogP contribution in [0, 0.1) is 0 Å². The van der Waals surface area contributed by atoms with E-state index in [1.165, 1.54) is 4.88 Å². The Bertz CT molecular complexity index is 670. The molecule has 0 saturated heterocycles. The Hall–Kier alpha value is -1.63. The summed E-state index contributed by atoms with van der Waals surface area (Å²) in [6.45, 7) is 8.31. The highest BCUT2D eigenvalue weighted by Crippen LogP contribution is 2.21. The lowest BCUT2D eigenvalue weighted by Crippen LogP contribution is -3.11. The van der Waals surface area contributed by atoms with Gasteiger partial charge in [0.2, 0.25) is 0 Å². The number of hydrogen-bond acceptors (Lipinski definition) is 3. The summed E-state index contributed by atoms with van der Waals surface area (Å²) in [5, 5.41) is 2.94. The molecule has 0 aliphatic heterocycles. The van der Waals surface area contributed by atoms with Crippen LogP contribution in [0.25, 0.3) is 0 Å². The number of amides is 1. The Balaban J connectivity index is 1.90. The molecule has 2 aromatic rings.